The average molecular weight is 368 g/mol. The van der Waals surface area contributed by atoms with Crippen LogP contribution < -0.4 is 0 Å². The first-order valence-corrected chi connectivity index (χ1v) is 9.14. The van der Waals surface area contributed by atoms with Crippen molar-refractivity contribution in [3.63, 3.8) is 0 Å². The number of benzene rings is 1. The number of aromatic nitrogens is 1. The number of carbonyl (C=O) groups is 2. The minimum atomic E-state index is -0.260. The number of hydrogen-bond acceptors (Lipinski definition) is 5. The van der Waals surface area contributed by atoms with E-state index in [-0.39, 0.29) is 17.6 Å². The van der Waals surface area contributed by atoms with Gasteiger partial charge in [0.25, 0.3) is 0 Å². The normalized spacial score (nSPS) is 19.1. The van der Waals surface area contributed by atoms with Gasteiger partial charge in [0.2, 0.25) is 11.8 Å². The van der Waals surface area contributed by atoms with Crippen LogP contribution in [0.3, 0.4) is 0 Å². The van der Waals surface area contributed by atoms with Crippen LogP contribution in [0.2, 0.25) is 0 Å². The Morgan fingerprint density at radius 1 is 0.926 bits per heavy atom. The van der Waals surface area contributed by atoms with Gasteiger partial charge < -0.3 is 0 Å². The van der Waals surface area contributed by atoms with Gasteiger partial charge >= 0.3 is 0 Å². The number of imide groups is 1. The predicted molar refractivity (Wildman–Crippen MR) is 97.6 cm³/mol. The molecule has 0 aliphatic carbocycles. The predicted octanol–water partition coefficient (Wildman–Crippen LogP) is 2.07. The Hall–Kier alpha value is -2.64. The van der Waals surface area contributed by atoms with E-state index in [1.165, 1.54) is 17.1 Å². The maximum atomic E-state index is 13.4. The molecule has 3 heterocycles. The lowest BCUT2D eigenvalue weighted by atomic mass is 10.1. The molecule has 27 heavy (non-hydrogen) atoms. The lowest BCUT2D eigenvalue weighted by molar-refractivity contribution is -0.160. The molecule has 7 heteroatoms. The van der Waals surface area contributed by atoms with Crippen LogP contribution in [0.1, 0.15) is 18.5 Å². The number of halogens is 1. The molecule has 2 amide bonds. The van der Waals surface area contributed by atoms with E-state index in [2.05, 4.69) is 9.88 Å². The van der Waals surface area contributed by atoms with E-state index in [4.69, 9.17) is 0 Å². The number of pyridine rings is 1. The zero-order chi connectivity index (χ0) is 18.8. The number of rotatable bonds is 4. The summed E-state index contributed by atoms with van der Waals surface area (Å²) in [5.74, 6) is -0.449. The molecule has 2 fully saturated rings. The Balaban J connectivity index is 1.34. The Labute approximate surface area is 157 Å². The molecular formula is C20H21FN4O2. The third kappa shape index (κ3) is 3.89. The minimum Gasteiger partial charge on any atom is -0.295 e. The second-order valence-corrected chi connectivity index (χ2v) is 6.88. The largest absolute Gasteiger partial charge is 0.295 e. The van der Waals surface area contributed by atoms with Crippen LogP contribution in [0.5, 0.6) is 0 Å². The van der Waals surface area contributed by atoms with E-state index in [0.29, 0.717) is 32.5 Å². The summed E-state index contributed by atoms with van der Waals surface area (Å²) in [6.07, 6.45) is 2.41. The molecule has 0 atom stereocenters. The first-order valence-electron chi connectivity index (χ1n) is 9.14. The van der Waals surface area contributed by atoms with Gasteiger partial charge in [-0.3, -0.25) is 19.5 Å². The van der Waals surface area contributed by atoms with Crippen molar-refractivity contribution in [1.82, 2.24) is 19.9 Å². The Morgan fingerprint density at radius 2 is 1.67 bits per heavy atom. The number of piperazine rings is 1. The minimum absolute atomic E-state index is 0.0944. The molecule has 2 saturated heterocycles. The maximum absolute atomic E-state index is 13.4. The second-order valence-electron chi connectivity index (χ2n) is 6.88. The van der Waals surface area contributed by atoms with Gasteiger partial charge in [-0.05, 0) is 23.8 Å². The van der Waals surface area contributed by atoms with Crippen molar-refractivity contribution in [2.45, 2.75) is 19.4 Å². The fourth-order valence-electron chi connectivity index (χ4n) is 3.56. The van der Waals surface area contributed by atoms with Gasteiger partial charge in [-0.1, -0.05) is 18.2 Å². The van der Waals surface area contributed by atoms with E-state index in [1.807, 2.05) is 23.2 Å². The van der Waals surface area contributed by atoms with Gasteiger partial charge in [-0.25, -0.2) is 14.4 Å². The molecular weight excluding hydrogens is 347 g/mol. The Kier molecular flexibility index (Phi) is 4.96. The molecule has 0 bridgehead atoms. The van der Waals surface area contributed by atoms with E-state index in [9.17, 15) is 14.0 Å². The number of hydrogen-bond donors (Lipinski definition) is 0. The molecule has 0 saturated carbocycles. The first-order chi connectivity index (χ1) is 13.1. The van der Waals surface area contributed by atoms with Crippen LogP contribution in [0.4, 0.5) is 4.39 Å². The quantitative estimate of drug-likeness (QED) is 0.774. The van der Waals surface area contributed by atoms with Crippen molar-refractivity contribution in [3.05, 3.63) is 54.1 Å². The fraction of sp³-hybridized carbons (Fsp3) is 0.350. The number of nitrogens with zero attached hydrogens (tertiary/aromatic N) is 4. The van der Waals surface area contributed by atoms with Crippen molar-refractivity contribution in [2.75, 3.05) is 26.2 Å². The standard InChI is InChI=1S/C20H21FN4O2/c21-17-3-1-2-15(12-17)16-4-5-18(22-13-16)14-23-8-10-24(11-9-23)25-19(26)6-7-20(25)27/h1-5,12-13H,6-11,14H2. The molecule has 0 unspecified atom stereocenters. The van der Waals surface area contributed by atoms with Gasteiger partial charge in [0.05, 0.1) is 5.69 Å². The molecule has 2 aliphatic rings. The third-order valence-electron chi connectivity index (χ3n) is 5.03. The summed E-state index contributed by atoms with van der Waals surface area (Å²) in [6, 6.07) is 10.4. The second kappa shape index (κ2) is 7.54. The number of amides is 2. The molecule has 0 N–H and O–H groups in total. The first kappa shape index (κ1) is 17.8. The average Bonchev–Trinajstić information content (AvgIpc) is 3.01. The Morgan fingerprint density at radius 3 is 2.30 bits per heavy atom. The Bertz CT molecular complexity index is 831. The highest BCUT2D eigenvalue weighted by atomic mass is 19.1. The van der Waals surface area contributed by atoms with Crippen LogP contribution in [-0.2, 0) is 16.1 Å². The van der Waals surface area contributed by atoms with Gasteiger partial charge in [-0.15, -0.1) is 0 Å². The number of hydrazine groups is 1. The van der Waals surface area contributed by atoms with Gasteiger partial charge in [0.15, 0.2) is 0 Å². The highest BCUT2D eigenvalue weighted by Gasteiger charge is 2.35. The molecule has 140 valence electrons. The van der Waals surface area contributed by atoms with Crippen molar-refractivity contribution in [1.29, 1.82) is 0 Å². The summed E-state index contributed by atoms with van der Waals surface area (Å²) in [5.41, 5.74) is 2.63. The molecule has 4 rings (SSSR count). The lowest BCUT2D eigenvalue weighted by Gasteiger charge is -2.38. The van der Waals surface area contributed by atoms with Gasteiger partial charge in [-0.2, -0.15) is 0 Å². The van der Waals surface area contributed by atoms with Crippen LogP contribution >= 0.6 is 0 Å². The molecule has 6 nitrogen and oxygen atoms in total. The summed E-state index contributed by atoms with van der Waals surface area (Å²) in [6.45, 7) is 3.55. The summed E-state index contributed by atoms with van der Waals surface area (Å²) in [7, 11) is 0. The monoisotopic (exact) mass is 368 g/mol. The molecule has 2 aliphatic heterocycles. The van der Waals surface area contributed by atoms with Crippen LogP contribution in [0.15, 0.2) is 42.6 Å². The lowest BCUT2D eigenvalue weighted by Crippen LogP contribution is -2.55. The van der Waals surface area contributed by atoms with Crippen LogP contribution in [-0.4, -0.2) is 57.9 Å². The van der Waals surface area contributed by atoms with Crippen molar-refractivity contribution in [3.8, 4) is 11.1 Å². The highest BCUT2D eigenvalue weighted by molar-refractivity contribution is 6.01. The van der Waals surface area contributed by atoms with E-state index >= 15 is 0 Å². The molecule has 1 aromatic heterocycles. The van der Waals surface area contributed by atoms with Crippen LogP contribution in [0.25, 0.3) is 11.1 Å². The summed E-state index contributed by atoms with van der Waals surface area (Å²) in [5, 5.41) is 3.18. The molecule has 2 aromatic rings. The van der Waals surface area contributed by atoms with E-state index in [1.54, 1.807) is 12.3 Å². The topological polar surface area (TPSA) is 56.8 Å². The highest BCUT2D eigenvalue weighted by Crippen LogP contribution is 2.20. The van der Waals surface area contributed by atoms with E-state index < -0.39 is 0 Å². The maximum Gasteiger partial charge on any atom is 0.244 e. The van der Waals surface area contributed by atoms with Crippen LogP contribution in [0, 0.1) is 5.82 Å². The SMILES string of the molecule is O=C1CCC(=O)N1N1CCN(Cc2ccc(-c3cccc(F)c3)cn2)CC1. The fourth-order valence-corrected chi connectivity index (χ4v) is 3.56. The molecule has 1 aromatic carbocycles. The molecule has 0 spiro atoms. The zero-order valence-corrected chi connectivity index (χ0v) is 15.0. The summed E-state index contributed by atoms with van der Waals surface area (Å²) >= 11 is 0. The van der Waals surface area contributed by atoms with E-state index in [0.717, 1.165) is 29.9 Å². The summed E-state index contributed by atoms with van der Waals surface area (Å²) in [4.78, 5) is 30.4. The number of carbonyl (C=O) groups excluding carboxylic acids is 2. The zero-order valence-electron chi connectivity index (χ0n) is 15.0. The van der Waals surface area contributed by atoms with Gasteiger partial charge in [0, 0.05) is 57.3 Å². The summed E-state index contributed by atoms with van der Waals surface area (Å²) < 4.78 is 13.4. The van der Waals surface area contributed by atoms with Crippen molar-refractivity contribution >= 4 is 11.8 Å². The smallest absolute Gasteiger partial charge is 0.244 e. The van der Waals surface area contributed by atoms with Crippen molar-refractivity contribution in [2.24, 2.45) is 0 Å². The third-order valence-corrected chi connectivity index (χ3v) is 5.03. The van der Waals surface area contributed by atoms with Gasteiger partial charge in [0.1, 0.15) is 5.82 Å². The van der Waals surface area contributed by atoms with Crippen molar-refractivity contribution < 1.29 is 14.0 Å². The molecule has 0 radical (unpaired) electrons.